The number of H-pyrrole nitrogens is 8. The van der Waals surface area contributed by atoms with Crippen LogP contribution in [0, 0.1) is 57.9 Å². The fourth-order valence-corrected chi connectivity index (χ4v) is 22.4. The van der Waals surface area contributed by atoms with Crippen LogP contribution in [0.15, 0.2) is 228 Å². The lowest BCUT2D eigenvalue weighted by molar-refractivity contribution is 0.629. The molecule has 13 aromatic heterocycles. The third-order valence-electron chi connectivity index (χ3n) is 27.7. The highest BCUT2D eigenvalue weighted by molar-refractivity contribution is 7.08. The lowest BCUT2D eigenvalue weighted by Gasteiger charge is -2.15. The Kier molecular flexibility index (Phi) is 23.9. The van der Waals surface area contributed by atoms with Gasteiger partial charge in [0.1, 0.15) is 23.3 Å². The molecule has 0 unspecified atom stereocenters. The third kappa shape index (κ3) is 16.2. The second kappa shape index (κ2) is 36.4. The van der Waals surface area contributed by atoms with E-state index in [0.717, 1.165) is 197 Å². The molecule has 6 aliphatic rings. The molecule has 4 aliphatic carbocycles. The van der Waals surface area contributed by atoms with Crippen LogP contribution in [0.4, 0.5) is 17.6 Å². The van der Waals surface area contributed by atoms with Crippen molar-refractivity contribution in [2.75, 3.05) is 19.6 Å². The van der Waals surface area contributed by atoms with E-state index in [4.69, 9.17) is 15.0 Å². The van der Waals surface area contributed by atoms with Crippen molar-refractivity contribution in [3.05, 3.63) is 353 Å². The van der Waals surface area contributed by atoms with Gasteiger partial charge in [0.25, 0.3) is 0 Å². The number of hydrogen-bond donors (Lipinski definition) is 9. The predicted molar refractivity (Wildman–Crippen MR) is 556 cm³/mol. The van der Waals surface area contributed by atoms with Crippen LogP contribution in [0.3, 0.4) is 0 Å². The lowest BCUT2D eigenvalue weighted by Crippen LogP contribution is -2.21. The molecule has 0 radical (unpaired) electrons. The first-order valence-electron chi connectivity index (χ1n) is 46.9. The van der Waals surface area contributed by atoms with Gasteiger partial charge in [-0.2, -0.15) is 11.3 Å². The first kappa shape index (κ1) is 89.3. The molecule has 0 atom stereocenters. The minimum atomic E-state index is -0.244. The topological polar surface area (TPSA) is 202 Å². The average molecular weight is 1820 g/mol. The van der Waals surface area contributed by atoms with Gasteiger partial charge >= 0.3 is 0 Å². The number of nitrogens with zero attached hydrogens (tertiary/aromatic N) is 5. The van der Waals surface area contributed by atoms with Crippen molar-refractivity contribution < 1.29 is 17.6 Å². The van der Waals surface area contributed by atoms with E-state index >= 15 is 0 Å². The molecule has 0 saturated heterocycles. The quantitative estimate of drug-likeness (QED) is 0.0433. The van der Waals surface area contributed by atoms with E-state index in [1.54, 1.807) is 59.9 Å². The van der Waals surface area contributed by atoms with Crippen molar-refractivity contribution in [3.8, 4) is 89.5 Å². The second-order valence-corrected chi connectivity index (χ2v) is 38.6. The van der Waals surface area contributed by atoms with Crippen molar-refractivity contribution in [1.29, 1.82) is 0 Å². The number of fused-ring (bicyclic) bond motifs is 8. The zero-order valence-electron chi connectivity index (χ0n) is 78.1. The standard InChI is InChI=1S/C31H28FN3.C29H29FN4.C28H25FN4.C28H24FN3S.CH4/c1-17(2)29-30(19(4)35-31(29)26-15-22(32)16-28-23(26)9-11-34-28)24-10-12-33-27-14-21(13-25(24)27)20-7-5-18(3)6-8-20;1-16(2)27-28(17(3)34-29(27)24-14-20(30)15-26-21(24)6-10-33-26)22-7-11-32-25-13-19(12-23(22)25)18-4-8-31-9-5-18;1-15(2)26-27(16(3)33-28(26)22-13-18(29)14-25-19(22)6-9-32-25)20-7-10-31-24-12-17(11-21(20)24)23-5-4-8-30-23;1-15(2)26-27(16(3)32-28(26)23-12-19(29)13-25-20(23)4-7-31-25)21-5-8-30-24-11-18(10-22(21)24)17-6-9-33-14-17;/h5-13,15-17,34-35H,14H2,1-4H3;4,6-7,10-12,14-16,31,33-34H,5,8-9,13H2,1-3H3;4-7,9-11,13-15,32-33H,8,12H2,1-3H3;4-10,12-15,31-32H,11H2,1-3H3;1H4. The predicted octanol–water partition coefficient (Wildman–Crippen LogP) is 30.2. The number of allylic oxidation sites excluding steroid dienone is 5. The average Bonchev–Trinajstić information content (AvgIpc) is 1.61. The molecule has 0 amide bonds. The number of benzene rings is 5. The summed E-state index contributed by atoms with van der Waals surface area (Å²) in [6, 6.07) is 40.2. The SMILES string of the molecule is C.Cc1[nH]c(-c2cc(F)cc3[nH]ccc23)c(C(C)C)c1-c1ccnc2c1C=C(C1=CCNCC1)C2.Cc1[nH]c(-c2cc(F)cc3[nH]ccc23)c(C(C)C)c1-c1ccnc2c1C=C(C1=NCC=C1)C2.Cc1[nH]c(-c2cc(F)cc3[nH]ccc23)c(C(C)C)c1-c1ccnc2c1C=C(c1ccsc1)C2.Cc1ccc(C2=Cc3c(-c4c(C)[nH]c(-c5cc(F)cc6[nH]ccc56)c4C(C)C)ccnc3C2)cc1. The summed E-state index contributed by atoms with van der Waals surface area (Å²) in [5.41, 5.74) is 50.2. The van der Waals surface area contributed by atoms with Crippen molar-refractivity contribution in [2.45, 2.75) is 153 Å². The summed E-state index contributed by atoms with van der Waals surface area (Å²) < 4.78 is 58.2. The number of aromatic nitrogens is 12. The van der Waals surface area contributed by atoms with Gasteiger partial charge in [0, 0.05) is 215 Å². The minimum absolute atomic E-state index is 0. The number of aromatic amines is 8. The molecule has 0 spiro atoms. The Bertz CT molecular complexity index is 8010. The number of thiophene rings is 1. The summed E-state index contributed by atoms with van der Waals surface area (Å²) in [5.74, 6) is 0.0367. The molecular formula is C117H110F4N14S. The molecule has 682 valence electrons. The number of aliphatic imine (C=N–C) groups is 1. The van der Waals surface area contributed by atoms with Crippen LogP contribution in [0.2, 0.25) is 0 Å². The van der Waals surface area contributed by atoms with E-state index < -0.39 is 0 Å². The number of hydrogen-bond acceptors (Lipinski definition) is 7. The van der Waals surface area contributed by atoms with Crippen LogP contribution in [-0.4, -0.2) is 85.2 Å². The zero-order valence-corrected chi connectivity index (χ0v) is 78.9. The van der Waals surface area contributed by atoms with E-state index in [1.165, 1.54) is 128 Å². The largest absolute Gasteiger partial charge is 0.361 e. The first-order valence-corrected chi connectivity index (χ1v) is 47.8. The molecule has 0 saturated carbocycles. The summed E-state index contributed by atoms with van der Waals surface area (Å²) >= 11 is 1.72. The fourth-order valence-electron chi connectivity index (χ4n) is 21.7. The minimum Gasteiger partial charge on any atom is -0.361 e. The maximum absolute atomic E-state index is 14.6. The molecule has 15 heterocycles. The van der Waals surface area contributed by atoms with Crippen LogP contribution < -0.4 is 5.32 Å². The number of nitrogens with one attached hydrogen (secondary N) is 9. The summed E-state index contributed by atoms with van der Waals surface area (Å²) in [7, 11) is 0. The molecule has 136 heavy (non-hydrogen) atoms. The number of aryl methyl sites for hydroxylation is 5. The van der Waals surface area contributed by atoms with E-state index in [0.29, 0.717) is 0 Å². The lowest BCUT2D eigenvalue weighted by atomic mass is 9.89. The summed E-state index contributed by atoms with van der Waals surface area (Å²) in [6.45, 7) is 30.9. The normalized spacial score (nSPS) is 14.1. The second-order valence-electron chi connectivity index (χ2n) is 37.8. The number of halogens is 4. The van der Waals surface area contributed by atoms with Crippen molar-refractivity contribution in [2.24, 2.45) is 4.99 Å². The number of rotatable bonds is 16. The Labute approximate surface area is 793 Å². The van der Waals surface area contributed by atoms with Gasteiger partial charge in [-0.15, -0.1) is 0 Å². The molecule has 0 bridgehead atoms. The maximum atomic E-state index is 14.6. The smallest absolute Gasteiger partial charge is 0.125 e. The van der Waals surface area contributed by atoms with E-state index in [-0.39, 0.29) is 54.4 Å². The molecule has 9 N–H and O–H groups in total. The van der Waals surface area contributed by atoms with Crippen LogP contribution in [0.1, 0.15) is 200 Å². The van der Waals surface area contributed by atoms with Gasteiger partial charge in [0.2, 0.25) is 0 Å². The van der Waals surface area contributed by atoms with Gasteiger partial charge in [-0.1, -0.05) is 105 Å². The number of pyridine rings is 4. The Balaban J connectivity index is 0.000000112. The molecule has 14 nitrogen and oxygen atoms in total. The monoisotopic (exact) mass is 1820 g/mol. The third-order valence-corrected chi connectivity index (χ3v) is 28.3. The molecule has 0 fully saturated rings. The maximum Gasteiger partial charge on any atom is 0.125 e. The highest BCUT2D eigenvalue weighted by Crippen LogP contribution is 2.52. The van der Waals surface area contributed by atoms with E-state index in [9.17, 15) is 17.6 Å². The van der Waals surface area contributed by atoms with Crippen molar-refractivity contribution in [3.63, 3.8) is 0 Å². The van der Waals surface area contributed by atoms with Crippen molar-refractivity contribution >= 4 is 96.1 Å². The zero-order chi connectivity index (χ0) is 93.0. The molecule has 5 aromatic carbocycles. The molecule has 19 heteroatoms. The van der Waals surface area contributed by atoms with Crippen LogP contribution in [0.25, 0.3) is 169 Å². The van der Waals surface area contributed by atoms with E-state index in [2.05, 4.69) is 253 Å². The highest BCUT2D eigenvalue weighted by Gasteiger charge is 2.34. The van der Waals surface area contributed by atoms with Gasteiger partial charge in [-0.25, -0.2) is 17.6 Å². The van der Waals surface area contributed by atoms with Gasteiger partial charge in [-0.05, 0) is 299 Å². The van der Waals surface area contributed by atoms with Gasteiger partial charge in [0.05, 0.1) is 57.8 Å². The van der Waals surface area contributed by atoms with Crippen LogP contribution >= 0.6 is 11.3 Å². The van der Waals surface area contributed by atoms with E-state index in [1.807, 2.05) is 73.8 Å². The molecule has 2 aliphatic heterocycles. The Hall–Kier alpha value is -14.5. The summed E-state index contributed by atoms with van der Waals surface area (Å²) in [6.07, 6.45) is 35.2. The summed E-state index contributed by atoms with van der Waals surface area (Å²) in [5, 5.41) is 11.8. The highest BCUT2D eigenvalue weighted by atomic mass is 32.1. The first-order chi connectivity index (χ1) is 65.4. The van der Waals surface area contributed by atoms with Crippen molar-refractivity contribution in [1.82, 2.24) is 65.1 Å². The molecule has 24 rings (SSSR count). The van der Waals surface area contributed by atoms with Gasteiger partial charge < -0.3 is 45.2 Å². The fraction of sp³-hybridized carbons (Fsp3) is 0.222. The van der Waals surface area contributed by atoms with Crippen LogP contribution in [-0.2, 0) is 25.7 Å². The Morgan fingerprint density at radius 1 is 0.360 bits per heavy atom. The van der Waals surface area contributed by atoms with Crippen LogP contribution in [0.5, 0.6) is 0 Å². The summed E-state index contributed by atoms with van der Waals surface area (Å²) in [4.78, 5) is 50.6. The van der Waals surface area contributed by atoms with Gasteiger partial charge in [0.15, 0.2) is 0 Å². The Morgan fingerprint density at radius 3 is 1.02 bits per heavy atom. The Morgan fingerprint density at radius 2 is 0.699 bits per heavy atom. The molecule has 18 aromatic rings. The molecular weight excluding hydrogens is 1710 g/mol. The van der Waals surface area contributed by atoms with Gasteiger partial charge in [-0.3, -0.25) is 24.9 Å².